The summed E-state index contributed by atoms with van der Waals surface area (Å²) in [5, 5.41) is 10.8. The Bertz CT molecular complexity index is 2760. The molecule has 428 valence electrons. The number of primary amides is 1. The zero-order chi connectivity index (χ0) is 56.7. The first-order valence-electron chi connectivity index (χ1n) is 26.5. The molecule has 1 fully saturated rings. The fourth-order valence-corrected chi connectivity index (χ4v) is 8.32. The van der Waals surface area contributed by atoms with Crippen LogP contribution in [0.3, 0.4) is 0 Å². The average molecular weight is 1100 g/mol. The summed E-state index contributed by atoms with van der Waals surface area (Å²) in [6, 6.07) is 12.1. The number of nitrogens with zero attached hydrogens (tertiary/aromatic N) is 6. The minimum Gasteiger partial charge on any atom is -0.463 e. The van der Waals surface area contributed by atoms with Gasteiger partial charge in [-0.1, -0.05) is 63.6 Å². The summed E-state index contributed by atoms with van der Waals surface area (Å²) in [6.07, 6.45) is 4.16. The molecule has 0 bridgehead atoms. The van der Waals surface area contributed by atoms with E-state index in [0.29, 0.717) is 68.2 Å². The average Bonchev–Trinajstić information content (AvgIpc) is 4.00. The van der Waals surface area contributed by atoms with Crippen LogP contribution in [0.1, 0.15) is 69.6 Å². The van der Waals surface area contributed by atoms with E-state index in [2.05, 4.69) is 48.0 Å². The van der Waals surface area contributed by atoms with Crippen LogP contribution >= 0.6 is 0 Å². The van der Waals surface area contributed by atoms with Crippen LogP contribution in [0.4, 0.5) is 21.1 Å². The molecule has 26 heteroatoms. The number of carbonyl (C=O) groups is 7. The van der Waals surface area contributed by atoms with Gasteiger partial charge < -0.3 is 66.3 Å². The number of unbranched alkanes of at least 4 members (excludes halogenated alkanes) is 1. The van der Waals surface area contributed by atoms with Gasteiger partial charge in [-0.05, 0) is 54.0 Å². The van der Waals surface area contributed by atoms with Crippen LogP contribution in [0.15, 0.2) is 65.5 Å². The molecule has 0 radical (unpaired) electrons. The lowest BCUT2D eigenvalue weighted by Crippen LogP contribution is -2.54. The highest BCUT2D eigenvalue weighted by Gasteiger charge is 2.29. The molecule has 6 rings (SSSR count). The van der Waals surface area contributed by atoms with Crippen molar-refractivity contribution in [2.75, 3.05) is 96.6 Å². The van der Waals surface area contributed by atoms with Gasteiger partial charge in [-0.2, -0.15) is 9.97 Å². The number of aromatic nitrogens is 4. The molecule has 1 saturated heterocycles. The van der Waals surface area contributed by atoms with Crippen molar-refractivity contribution in [2.45, 2.75) is 84.7 Å². The number of H-pyrrole nitrogens is 1. The number of rotatable bonds is 32. The Morgan fingerprint density at radius 2 is 1.38 bits per heavy atom. The van der Waals surface area contributed by atoms with Crippen LogP contribution < -0.4 is 43.2 Å². The highest BCUT2D eigenvalue weighted by atomic mass is 16.6. The highest BCUT2D eigenvalue weighted by molar-refractivity contribution is 6.12. The second-order valence-corrected chi connectivity index (χ2v) is 19.2. The topological polar surface area (TPSA) is 339 Å². The fraction of sp³-hybridized carbons (Fsp3) is 0.509. The van der Waals surface area contributed by atoms with E-state index < -0.39 is 41.9 Å². The first-order valence-corrected chi connectivity index (χ1v) is 26.5. The minimum absolute atomic E-state index is 0.00112. The van der Waals surface area contributed by atoms with Crippen molar-refractivity contribution >= 4 is 64.3 Å². The van der Waals surface area contributed by atoms with Crippen molar-refractivity contribution in [2.24, 2.45) is 11.7 Å². The molecule has 0 saturated carbocycles. The highest BCUT2D eigenvalue weighted by Crippen LogP contribution is 2.20. The maximum Gasteiger partial charge on any atom is 0.410 e. The smallest absolute Gasteiger partial charge is 0.410 e. The lowest BCUT2D eigenvalue weighted by Gasteiger charge is -2.34. The summed E-state index contributed by atoms with van der Waals surface area (Å²) < 4.78 is 29.2. The lowest BCUT2D eigenvalue weighted by molar-refractivity contribution is -0.137. The number of hydrogen-bond donors (Lipinski definition) is 7. The van der Waals surface area contributed by atoms with E-state index in [4.69, 9.17) is 35.2 Å². The minimum atomic E-state index is -1.05. The molecule has 8 amide bonds. The predicted molar refractivity (Wildman–Crippen MR) is 289 cm³/mol. The predicted octanol–water partition coefficient (Wildman–Crippen LogP) is 1.76. The van der Waals surface area contributed by atoms with Crippen LogP contribution in [-0.2, 0) is 62.6 Å². The van der Waals surface area contributed by atoms with Crippen LogP contribution in [-0.4, -0.2) is 173 Å². The SMILES string of the molecule is CCCCOc1nc(N)c2[nH]c(=O)n(Cc3ccc(CN4CCN(C(=O)OCc5ccc(NC(=O)[C@H](CCCNC(N)=O)NC(=O)[C@@H](NC(=O)CCOCCOCCOCCN6C(=O)C=CC6=O)C(C)C)cc5)CC4)cc3)c2n1. The Morgan fingerprint density at radius 3 is 2.03 bits per heavy atom. The van der Waals surface area contributed by atoms with Crippen LogP contribution in [0.2, 0.25) is 0 Å². The van der Waals surface area contributed by atoms with Gasteiger partial charge in [0.05, 0.1) is 59.3 Å². The summed E-state index contributed by atoms with van der Waals surface area (Å²) in [4.78, 5) is 117. The van der Waals surface area contributed by atoms with Gasteiger partial charge >= 0.3 is 23.8 Å². The molecule has 0 spiro atoms. The number of urea groups is 1. The van der Waals surface area contributed by atoms with Crippen LogP contribution in [0, 0.1) is 5.92 Å². The van der Waals surface area contributed by atoms with Gasteiger partial charge in [-0.3, -0.25) is 38.3 Å². The molecule has 2 aromatic carbocycles. The molecule has 2 aliphatic heterocycles. The maximum atomic E-state index is 13.7. The molecule has 0 aliphatic carbocycles. The van der Waals surface area contributed by atoms with E-state index in [0.717, 1.165) is 28.9 Å². The largest absolute Gasteiger partial charge is 0.463 e. The standard InChI is InChI=1S/C53H73N13O13/c1-4-5-25-78-51-61-46(54)45-47(62-51)66(52(73)60-45)33-37-10-8-36(9-11-37)32-63-20-22-64(23-21-63)53(74)79-34-38-12-14-39(15-13-38)57-48(70)40(7-6-19-56-50(55)72)58-49(71)44(35(2)3)59-41(67)18-26-75-28-30-77-31-29-76-27-24-65-42(68)16-17-43(65)69/h8-17,35,40,44H,4-7,18-34H2,1-3H3,(H,57,70)(H,58,71)(H,59,67)(H,60,73)(H2,54,61,62)(H3,55,56,72)/t40-,44-/m0/s1. The number of carbonyl (C=O) groups excluding carboxylic acids is 7. The number of fused-ring (bicyclic) bond motifs is 1. The fourth-order valence-electron chi connectivity index (χ4n) is 8.32. The molecule has 79 heavy (non-hydrogen) atoms. The number of hydrogen-bond acceptors (Lipinski definition) is 17. The number of aromatic amines is 1. The molecule has 9 N–H and O–H groups in total. The number of nitrogens with two attached hydrogens (primary N) is 2. The van der Waals surface area contributed by atoms with E-state index in [-0.39, 0.29) is 114 Å². The number of imide groups is 1. The van der Waals surface area contributed by atoms with Crippen molar-refractivity contribution < 1.29 is 57.2 Å². The number of nitrogen functional groups attached to an aromatic ring is 1. The van der Waals surface area contributed by atoms with Crippen molar-refractivity contribution in [3.05, 3.63) is 87.9 Å². The van der Waals surface area contributed by atoms with E-state index in [1.807, 2.05) is 24.3 Å². The first kappa shape index (κ1) is 60.3. The van der Waals surface area contributed by atoms with Gasteiger partial charge in [-0.25, -0.2) is 14.4 Å². The molecule has 4 aromatic rings. The van der Waals surface area contributed by atoms with Gasteiger partial charge in [0.2, 0.25) is 17.7 Å². The Hall–Kier alpha value is -7.94. The van der Waals surface area contributed by atoms with E-state index >= 15 is 0 Å². The summed E-state index contributed by atoms with van der Waals surface area (Å²) in [5.41, 5.74) is 14.8. The summed E-state index contributed by atoms with van der Waals surface area (Å²) in [6.45, 7) is 10.7. The Balaban J connectivity index is 0.886. The lowest BCUT2D eigenvalue weighted by atomic mass is 10.0. The molecule has 26 nitrogen and oxygen atoms in total. The Morgan fingerprint density at radius 1 is 0.747 bits per heavy atom. The third kappa shape index (κ3) is 19.2. The van der Waals surface area contributed by atoms with Gasteiger partial charge in [0.1, 0.15) is 24.2 Å². The first-order chi connectivity index (χ1) is 38.1. The summed E-state index contributed by atoms with van der Waals surface area (Å²) >= 11 is 0. The van der Waals surface area contributed by atoms with Crippen molar-refractivity contribution in [3.8, 4) is 6.01 Å². The molecular weight excluding hydrogens is 1030 g/mol. The second kappa shape index (κ2) is 30.9. The Labute approximate surface area is 457 Å². The Kier molecular flexibility index (Phi) is 23.5. The van der Waals surface area contributed by atoms with Crippen LogP contribution in [0.25, 0.3) is 11.2 Å². The molecule has 2 aliphatic rings. The van der Waals surface area contributed by atoms with Gasteiger partial charge in [-0.15, -0.1) is 0 Å². The second-order valence-electron chi connectivity index (χ2n) is 19.2. The van der Waals surface area contributed by atoms with Crippen molar-refractivity contribution in [3.63, 3.8) is 0 Å². The number of nitrogens with one attached hydrogen (secondary N) is 5. The number of anilines is 2. The number of imidazole rings is 1. The number of benzene rings is 2. The monoisotopic (exact) mass is 1100 g/mol. The molecular formula is C53H73N13O13. The van der Waals surface area contributed by atoms with Crippen molar-refractivity contribution in [1.29, 1.82) is 0 Å². The van der Waals surface area contributed by atoms with Gasteiger partial charge in [0, 0.05) is 63.5 Å². The zero-order valence-electron chi connectivity index (χ0n) is 45.0. The van der Waals surface area contributed by atoms with Crippen LogP contribution in [0.5, 0.6) is 6.01 Å². The summed E-state index contributed by atoms with van der Waals surface area (Å²) in [7, 11) is 0. The third-order valence-electron chi connectivity index (χ3n) is 12.8. The molecule has 2 aromatic heterocycles. The number of piperazine rings is 1. The van der Waals surface area contributed by atoms with E-state index in [1.165, 1.54) is 16.7 Å². The van der Waals surface area contributed by atoms with Gasteiger partial charge in [0.15, 0.2) is 11.5 Å². The van der Waals surface area contributed by atoms with E-state index in [9.17, 15) is 38.4 Å². The molecule has 2 atom stereocenters. The van der Waals surface area contributed by atoms with Crippen molar-refractivity contribution in [1.82, 2.24) is 50.2 Å². The number of amides is 8. The van der Waals surface area contributed by atoms with Gasteiger partial charge in [0.25, 0.3) is 11.8 Å². The summed E-state index contributed by atoms with van der Waals surface area (Å²) in [5.74, 6) is -2.49. The normalized spacial score (nSPS) is 14.4. The molecule has 4 heterocycles. The third-order valence-corrected chi connectivity index (χ3v) is 12.8. The molecule has 0 unspecified atom stereocenters. The maximum absolute atomic E-state index is 13.7. The van der Waals surface area contributed by atoms with E-state index in [1.54, 1.807) is 43.0 Å². The number of ether oxygens (including phenoxy) is 5. The quantitative estimate of drug-likeness (QED) is 0.0271. The zero-order valence-corrected chi connectivity index (χ0v) is 45.0.